The lowest BCUT2D eigenvalue weighted by Gasteiger charge is -2.19. The Labute approximate surface area is 112 Å². The molecule has 0 aliphatic heterocycles. The van der Waals surface area contributed by atoms with E-state index in [1.54, 1.807) is 18.2 Å². The van der Waals surface area contributed by atoms with Crippen molar-refractivity contribution in [2.24, 2.45) is 0 Å². The largest absolute Gasteiger partial charge is 0.291 e. The van der Waals surface area contributed by atoms with Crippen molar-refractivity contribution >= 4 is 0 Å². The van der Waals surface area contributed by atoms with E-state index in [1.165, 1.54) is 6.07 Å². The van der Waals surface area contributed by atoms with Crippen LogP contribution in [0.3, 0.4) is 0 Å². The summed E-state index contributed by atoms with van der Waals surface area (Å²) in [6, 6.07) is 17.6. The van der Waals surface area contributed by atoms with Gasteiger partial charge in [-0.05, 0) is 18.6 Å². The Morgan fingerprint density at radius 2 is 1.68 bits per heavy atom. The van der Waals surface area contributed by atoms with Crippen molar-refractivity contribution in [3.05, 3.63) is 71.5 Å². The van der Waals surface area contributed by atoms with Crippen LogP contribution in [0, 0.1) is 17.1 Å². The van der Waals surface area contributed by atoms with Crippen molar-refractivity contribution in [1.29, 1.82) is 5.26 Å². The Bertz CT molecular complexity index is 575. The van der Waals surface area contributed by atoms with Crippen LogP contribution in [0.5, 0.6) is 0 Å². The van der Waals surface area contributed by atoms with Crippen molar-refractivity contribution in [2.45, 2.75) is 19.0 Å². The van der Waals surface area contributed by atoms with E-state index in [1.807, 2.05) is 37.3 Å². The summed E-state index contributed by atoms with van der Waals surface area (Å²) in [6.07, 6.45) is 0. The average Bonchev–Trinajstić information content (AvgIpc) is 2.46. The van der Waals surface area contributed by atoms with Gasteiger partial charge < -0.3 is 0 Å². The zero-order chi connectivity index (χ0) is 13.7. The molecule has 0 aliphatic rings. The zero-order valence-corrected chi connectivity index (χ0v) is 10.7. The van der Waals surface area contributed by atoms with Gasteiger partial charge in [-0.25, -0.2) is 4.39 Å². The van der Waals surface area contributed by atoms with Crippen LogP contribution in [0.1, 0.15) is 30.1 Å². The first-order valence-electron chi connectivity index (χ1n) is 6.17. The summed E-state index contributed by atoms with van der Waals surface area (Å²) >= 11 is 0. The number of nitrogens with one attached hydrogen (secondary N) is 1. The lowest BCUT2D eigenvalue weighted by molar-refractivity contribution is 0.509. The van der Waals surface area contributed by atoms with Crippen LogP contribution in [0.15, 0.2) is 54.6 Å². The van der Waals surface area contributed by atoms with Gasteiger partial charge in [0.25, 0.3) is 0 Å². The molecule has 0 heterocycles. The van der Waals surface area contributed by atoms with E-state index < -0.39 is 6.04 Å². The molecular weight excluding hydrogens is 239 g/mol. The molecule has 0 aliphatic carbocycles. The summed E-state index contributed by atoms with van der Waals surface area (Å²) in [5, 5.41) is 12.4. The van der Waals surface area contributed by atoms with Gasteiger partial charge in [-0.3, -0.25) is 5.32 Å². The molecule has 2 rings (SSSR count). The summed E-state index contributed by atoms with van der Waals surface area (Å²) in [6.45, 7) is 1.96. The number of rotatable bonds is 4. The molecule has 2 aromatic rings. The number of halogens is 1. The minimum absolute atomic E-state index is 0.0227. The quantitative estimate of drug-likeness (QED) is 0.902. The molecule has 0 saturated heterocycles. The molecule has 0 fully saturated rings. The molecule has 0 bridgehead atoms. The van der Waals surface area contributed by atoms with Crippen molar-refractivity contribution in [1.82, 2.24) is 5.32 Å². The first kappa shape index (κ1) is 13.3. The third-order valence-electron chi connectivity index (χ3n) is 3.06. The summed E-state index contributed by atoms with van der Waals surface area (Å²) in [4.78, 5) is 0. The molecule has 2 atom stereocenters. The standard InChI is InChI=1S/C16H15FN2/c1-12(13-7-3-2-4-8-13)19-16(11-18)14-9-5-6-10-15(14)17/h2-10,12,16,19H,1H3. The SMILES string of the molecule is CC(NC(C#N)c1ccccc1F)c1ccccc1. The summed E-state index contributed by atoms with van der Waals surface area (Å²) in [5.41, 5.74) is 1.45. The van der Waals surface area contributed by atoms with Gasteiger partial charge in [0.2, 0.25) is 0 Å². The fraction of sp³-hybridized carbons (Fsp3) is 0.188. The number of benzene rings is 2. The van der Waals surface area contributed by atoms with Crippen molar-refractivity contribution in [3.63, 3.8) is 0 Å². The van der Waals surface area contributed by atoms with Crippen LogP contribution >= 0.6 is 0 Å². The van der Waals surface area contributed by atoms with E-state index in [-0.39, 0.29) is 11.9 Å². The van der Waals surface area contributed by atoms with E-state index in [4.69, 9.17) is 0 Å². The van der Waals surface area contributed by atoms with Crippen LogP contribution in [0.25, 0.3) is 0 Å². The van der Waals surface area contributed by atoms with Gasteiger partial charge in [0, 0.05) is 11.6 Å². The van der Waals surface area contributed by atoms with Crippen LogP contribution in [-0.4, -0.2) is 0 Å². The summed E-state index contributed by atoms with van der Waals surface area (Å²) in [7, 11) is 0. The normalized spacial score (nSPS) is 13.5. The average molecular weight is 254 g/mol. The molecule has 0 amide bonds. The molecule has 2 aromatic carbocycles. The molecule has 2 nitrogen and oxygen atoms in total. The second-order valence-electron chi connectivity index (χ2n) is 4.38. The van der Waals surface area contributed by atoms with E-state index in [0.29, 0.717) is 5.56 Å². The minimum Gasteiger partial charge on any atom is -0.291 e. The highest BCUT2D eigenvalue weighted by atomic mass is 19.1. The fourth-order valence-corrected chi connectivity index (χ4v) is 1.99. The minimum atomic E-state index is -0.656. The lowest BCUT2D eigenvalue weighted by atomic mass is 10.0. The second-order valence-corrected chi connectivity index (χ2v) is 4.38. The molecule has 1 N–H and O–H groups in total. The molecule has 0 aromatic heterocycles. The predicted octanol–water partition coefficient (Wildman–Crippen LogP) is 3.74. The Balaban J connectivity index is 2.17. The Morgan fingerprint density at radius 1 is 1.05 bits per heavy atom. The van der Waals surface area contributed by atoms with Crippen molar-refractivity contribution in [2.75, 3.05) is 0 Å². The first-order chi connectivity index (χ1) is 9.22. The molecule has 3 heteroatoms. The van der Waals surface area contributed by atoms with Crippen LogP contribution in [0.2, 0.25) is 0 Å². The first-order valence-corrected chi connectivity index (χ1v) is 6.17. The van der Waals surface area contributed by atoms with Gasteiger partial charge >= 0.3 is 0 Å². The number of nitriles is 1. The Morgan fingerprint density at radius 3 is 2.32 bits per heavy atom. The van der Waals surface area contributed by atoms with Crippen LogP contribution in [0.4, 0.5) is 4.39 Å². The molecule has 0 radical (unpaired) electrons. The summed E-state index contributed by atoms with van der Waals surface area (Å²) in [5.74, 6) is -0.359. The highest BCUT2D eigenvalue weighted by Gasteiger charge is 2.17. The summed E-state index contributed by atoms with van der Waals surface area (Å²) < 4.78 is 13.7. The topological polar surface area (TPSA) is 35.8 Å². The van der Waals surface area contributed by atoms with Gasteiger partial charge in [0.15, 0.2) is 0 Å². The number of nitrogens with zero attached hydrogens (tertiary/aromatic N) is 1. The Kier molecular flexibility index (Phi) is 4.27. The highest BCUT2D eigenvalue weighted by Crippen LogP contribution is 2.21. The third-order valence-corrected chi connectivity index (χ3v) is 3.06. The molecule has 0 spiro atoms. The maximum Gasteiger partial charge on any atom is 0.129 e. The van der Waals surface area contributed by atoms with Gasteiger partial charge in [0.05, 0.1) is 6.07 Å². The monoisotopic (exact) mass is 254 g/mol. The van der Waals surface area contributed by atoms with Crippen LogP contribution < -0.4 is 5.32 Å². The molecule has 2 unspecified atom stereocenters. The van der Waals surface area contributed by atoms with Crippen molar-refractivity contribution < 1.29 is 4.39 Å². The Hall–Kier alpha value is -2.18. The molecule has 0 saturated carbocycles. The van der Waals surface area contributed by atoms with E-state index >= 15 is 0 Å². The predicted molar refractivity (Wildman–Crippen MR) is 72.7 cm³/mol. The van der Waals surface area contributed by atoms with E-state index in [0.717, 1.165) is 5.56 Å². The molecule has 19 heavy (non-hydrogen) atoms. The molecular formula is C16H15FN2. The van der Waals surface area contributed by atoms with E-state index in [2.05, 4.69) is 11.4 Å². The highest BCUT2D eigenvalue weighted by molar-refractivity contribution is 5.27. The van der Waals surface area contributed by atoms with Gasteiger partial charge in [0.1, 0.15) is 11.9 Å². The maximum atomic E-state index is 13.7. The molecule has 96 valence electrons. The van der Waals surface area contributed by atoms with Crippen LogP contribution in [-0.2, 0) is 0 Å². The fourth-order valence-electron chi connectivity index (χ4n) is 1.99. The van der Waals surface area contributed by atoms with Gasteiger partial charge in [-0.15, -0.1) is 0 Å². The van der Waals surface area contributed by atoms with Gasteiger partial charge in [-0.2, -0.15) is 5.26 Å². The van der Waals surface area contributed by atoms with E-state index in [9.17, 15) is 9.65 Å². The zero-order valence-electron chi connectivity index (χ0n) is 10.7. The van der Waals surface area contributed by atoms with Gasteiger partial charge in [-0.1, -0.05) is 48.5 Å². The third kappa shape index (κ3) is 3.18. The number of hydrogen-bond acceptors (Lipinski definition) is 2. The lowest BCUT2D eigenvalue weighted by Crippen LogP contribution is -2.24. The van der Waals surface area contributed by atoms with Crippen molar-refractivity contribution in [3.8, 4) is 6.07 Å². The maximum absolute atomic E-state index is 13.7. The smallest absolute Gasteiger partial charge is 0.129 e. The number of hydrogen-bond donors (Lipinski definition) is 1. The second kappa shape index (κ2) is 6.12.